The summed E-state index contributed by atoms with van der Waals surface area (Å²) in [7, 11) is -3.25. The number of halogens is 1. The van der Waals surface area contributed by atoms with E-state index in [0.717, 1.165) is 31.9 Å². The highest BCUT2D eigenvalue weighted by Crippen LogP contribution is 2.28. The van der Waals surface area contributed by atoms with Crippen molar-refractivity contribution in [2.45, 2.75) is 42.7 Å². The number of rotatable bonds is 7. The van der Waals surface area contributed by atoms with Gasteiger partial charge in [0.2, 0.25) is 0 Å². The molecule has 9 heteroatoms. The zero-order valence-corrected chi connectivity index (χ0v) is 18.2. The van der Waals surface area contributed by atoms with E-state index in [1.165, 1.54) is 30.3 Å². The van der Waals surface area contributed by atoms with E-state index in [0.29, 0.717) is 11.4 Å². The van der Waals surface area contributed by atoms with Crippen molar-refractivity contribution in [3.8, 4) is 5.75 Å². The molecular weight excluding hydrogens is 435 g/mol. The van der Waals surface area contributed by atoms with E-state index in [1.807, 2.05) is 0 Å². The summed E-state index contributed by atoms with van der Waals surface area (Å²) in [6, 6.07) is 12.1. The molecule has 0 atom stereocenters. The van der Waals surface area contributed by atoms with Crippen LogP contribution < -0.4 is 26.2 Å². The van der Waals surface area contributed by atoms with Crippen LogP contribution in [-0.2, 0) is 9.84 Å². The molecule has 0 amide bonds. The van der Waals surface area contributed by atoms with Crippen LogP contribution in [0.5, 0.6) is 5.75 Å². The molecule has 0 heterocycles. The van der Waals surface area contributed by atoms with Gasteiger partial charge in [0, 0.05) is 18.0 Å². The fourth-order valence-electron chi connectivity index (χ4n) is 3.85. The van der Waals surface area contributed by atoms with Crippen LogP contribution in [0.15, 0.2) is 63.0 Å². The SMILES string of the molecule is CS(=O)(=O)c1ccc(OC2CCC(Nc3c(Nc4cccc(F)c4)c(=O)c3=O)CC2)cc1. The average molecular weight is 459 g/mol. The van der Waals surface area contributed by atoms with Crippen molar-refractivity contribution < 1.29 is 17.5 Å². The number of nitrogens with one attached hydrogen (secondary N) is 2. The van der Waals surface area contributed by atoms with E-state index in [4.69, 9.17) is 4.74 Å². The molecule has 1 saturated carbocycles. The Hall–Kier alpha value is -3.20. The molecule has 0 bridgehead atoms. The van der Waals surface area contributed by atoms with Crippen LogP contribution in [0.2, 0.25) is 0 Å². The van der Waals surface area contributed by atoms with Gasteiger partial charge in [-0.15, -0.1) is 0 Å². The van der Waals surface area contributed by atoms with Crippen LogP contribution in [0, 0.1) is 5.82 Å². The molecule has 3 aromatic carbocycles. The molecule has 4 rings (SSSR count). The summed E-state index contributed by atoms with van der Waals surface area (Å²) in [4.78, 5) is 24.3. The van der Waals surface area contributed by atoms with Crippen molar-refractivity contribution in [3.05, 3.63) is 74.8 Å². The molecular formula is C23H23FN2O5S. The topological polar surface area (TPSA) is 102 Å². The monoisotopic (exact) mass is 458 g/mol. The Kier molecular flexibility index (Phi) is 6.01. The van der Waals surface area contributed by atoms with Crippen LogP contribution in [0.1, 0.15) is 25.7 Å². The molecule has 0 saturated heterocycles. The molecule has 0 spiro atoms. The van der Waals surface area contributed by atoms with Crippen molar-refractivity contribution in [2.24, 2.45) is 0 Å². The molecule has 0 aromatic heterocycles. The Labute approximate surface area is 184 Å². The van der Waals surface area contributed by atoms with E-state index in [1.54, 1.807) is 18.2 Å². The summed E-state index contributed by atoms with van der Waals surface area (Å²) in [5.41, 5.74) is -0.399. The highest BCUT2D eigenvalue weighted by Gasteiger charge is 2.27. The van der Waals surface area contributed by atoms with Crippen LogP contribution in [0.3, 0.4) is 0 Å². The molecule has 0 unspecified atom stereocenters. The van der Waals surface area contributed by atoms with Crippen LogP contribution in [0.4, 0.5) is 21.5 Å². The van der Waals surface area contributed by atoms with E-state index in [9.17, 15) is 22.4 Å². The third-order valence-electron chi connectivity index (χ3n) is 5.58. The van der Waals surface area contributed by atoms with Crippen LogP contribution in [-0.4, -0.2) is 26.8 Å². The van der Waals surface area contributed by atoms with Gasteiger partial charge in [-0.3, -0.25) is 9.59 Å². The fraction of sp³-hybridized carbons (Fsp3) is 0.304. The molecule has 3 aromatic rings. The summed E-state index contributed by atoms with van der Waals surface area (Å²) >= 11 is 0. The zero-order valence-electron chi connectivity index (χ0n) is 17.4. The Morgan fingerprint density at radius 3 is 2.22 bits per heavy atom. The molecule has 32 heavy (non-hydrogen) atoms. The Morgan fingerprint density at radius 2 is 1.59 bits per heavy atom. The van der Waals surface area contributed by atoms with Crippen molar-refractivity contribution in [1.29, 1.82) is 0 Å². The lowest BCUT2D eigenvalue weighted by atomic mass is 9.92. The van der Waals surface area contributed by atoms with Gasteiger partial charge < -0.3 is 15.4 Å². The molecule has 7 nitrogen and oxygen atoms in total. The second kappa shape index (κ2) is 8.74. The lowest BCUT2D eigenvalue weighted by Crippen LogP contribution is -2.40. The van der Waals surface area contributed by atoms with Gasteiger partial charge >= 0.3 is 0 Å². The Balaban J connectivity index is 1.33. The minimum absolute atomic E-state index is 0.0128. The third-order valence-corrected chi connectivity index (χ3v) is 6.71. The molecule has 0 radical (unpaired) electrons. The zero-order chi connectivity index (χ0) is 22.9. The van der Waals surface area contributed by atoms with Gasteiger partial charge in [-0.05, 0) is 68.1 Å². The second-order valence-corrected chi connectivity index (χ2v) is 10.0. The Morgan fingerprint density at radius 1 is 0.938 bits per heavy atom. The third kappa shape index (κ3) is 4.83. The molecule has 168 valence electrons. The van der Waals surface area contributed by atoms with Crippen molar-refractivity contribution in [3.63, 3.8) is 0 Å². The first-order valence-corrected chi connectivity index (χ1v) is 12.2. The molecule has 0 aliphatic heterocycles. The van der Waals surface area contributed by atoms with Gasteiger partial charge in [-0.25, -0.2) is 12.8 Å². The lowest BCUT2D eigenvalue weighted by molar-refractivity contribution is 0.150. The molecule has 1 aliphatic rings. The smallest absolute Gasteiger partial charge is 0.253 e. The standard InChI is InChI=1S/C23H23FN2O5S/c1-32(29,30)19-11-9-18(10-12-19)31-17-7-5-15(6-8-17)25-20-21(23(28)22(20)27)26-16-4-2-3-14(24)13-16/h2-4,9-13,15,17,25-26H,5-8H2,1H3. The van der Waals surface area contributed by atoms with Gasteiger partial charge in [-0.1, -0.05) is 6.07 Å². The number of benzene rings is 2. The van der Waals surface area contributed by atoms with Gasteiger partial charge in [0.25, 0.3) is 10.9 Å². The van der Waals surface area contributed by atoms with Gasteiger partial charge in [0.1, 0.15) is 22.9 Å². The maximum absolute atomic E-state index is 13.4. The largest absolute Gasteiger partial charge is 0.490 e. The minimum atomic E-state index is -3.25. The van der Waals surface area contributed by atoms with Gasteiger partial charge in [0.05, 0.1) is 11.0 Å². The minimum Gasteiger partial charge on any atom is -0.490 e. The molecule has 1 fully saturated rings. The first-order chi connectivity index (χ1) is 15.2. The van der Waals surface area contributed by atoms with Gasteiger partial charge in [-0.2, -0.15) is 0 Å². The van der Waals surface area contributed by atoms with Gasteiger partial charge in [0.15, 0.2) is 9.84 Å². The van der Waals surface area contributed by atoms with E-state index >= 15 is 0 Å². The number of sulfone groups is 1. The first kappa shape index (κ1) is 22.0. The normalized spacial score (nSPS) is 18.9. The lowest BCUT2D eigenvalue weighted by Gasteiger charge is -2.31. The maximum atomic E-state index is 13.4. The highest BCUT2D eigenvalue weighted by atomic mass is 32.2. The number of hydrogen-bond donors (Lipinski definition) is 2. The van der Waals surface area contributed by atoms with E-state index in [2.05, 4.69) is 10.6 Å². The van der Waals surface area contributed by atoms with Crippen LogP contribution >= 0.6 is 0 Å². The number of hydrogen-bond acceptors (Lipinski definition) is 7. The maximum Gasteiger partial charge on any atom is 0.253 e. The highest BCUT2D eigenvalue weighted by molar-refractivity contribution is 7.90. The number of ether oxygens (including phenoxy) is 1. The quantitative estimate of drug-likeness (QED) is 0.524. The molecule has 1 aliphatic carbocycles. The predicted octanol–water partition coefficient (Wildman–Crippen LogP) is 3.37. The summed E-state index contributed by atoms with van der Waals surface area (Å²) in [6.07, 6.45) is 4.11. The van der Waals surface area contributed by atoms with E-state index in [-0.39, 0.29) is 28.4 Å². The Bertz CT molecular complexity index is 1290. The summed E-state index contributed by atoms with van der Waals surface area (Å²) < 4.78 is 42.5. The van der Waals surface area contributed by atoms with E-state index < -0.39 is 26.5 Å². The van der Waals surface area contributed by atoms with Crippen molar-refractivity contribution in [1.82, 2.24) is 0 Å². The molecule has 2 N–H and O–H groups in total. The fourth-order valence-corrected chi connectivity index (χ4v) is 4.48. The summed E-state index contributed by atoms with van der Waals surface area (Å²) in [5.74, 6) is 0.172. The summed E-state index contributed by atoms with van der Waals surface area (Å²) in [5, 5.41) is 5.99. The predicted molar refractivity (Wildman–Crippen MR) is 121 cm³/mol. The van der Waals surface area contributed by atoms with Crippen LogP contribution in [0.25, 0.3) is 0 Å². The average Bonchev–Trinajstić information content (AvgIpc) is 2.77. The first-order valence-electron chi connectivity index (χ1n) is 10.3. The number of anilines is 3. The van der Waals surface area contributed by atoms with Crippen molar-refractivity contribution in [2.75, 3.05) is 16.9 Å². The summed E-state index contributed by atoms with van der Waals surface area (Å²) in [6.45, 7) is 0. The second-order valence-electron chi connectivity index (χ2n) is 8.02. The van der Waals surface area contributed by atoms with Crippen molar-refractivity contribution >= 4 is 26.9 Å².